The smallest absolute Gasteiger partial charge is 0.127 e. The molecule has 0 radical (unpaired) electrons. The van der Waals surface area contributed by atoms with E-state index in [0.717, 1.165) is 37.7 Å². The van der Waals surface area contributed by atoms with Crippen molar-refractivity contribution in [1.82, 2.24) is 0 Å². The number of thiophene rings is 1. The van der Waals surface area contributed by atoms with Crippen molar-refractivity contribution in [2.75, 3.05) is 6.61 Å². The molecule has 5 heteroatoms. The minimum atomic E-state index is -0.204. The van der Waals surface area contributed by atoms with Crippen molar-refractivity contribution in [1.29, 1.82) is 0 Å². The first kappa shape index (κ1) is 12.5. The fourth-order valence-electron chi connectivity index (χ4n) is 2.20. The fraction of sp³-hybridized carbons (Fsp3) is 0.231. The summed E-state index contributed by atoms with van der Waals surface area (Å²) in [6, 6.07) is 5.67. The highest BCUT2D eigenvalue weighted by molar-refractivity contribution is 9.10. The van der Waals surface area contributed by atoms with E-state index in [1.54, 1.807) is 11.3 Å². The zero-order chi connectivity index (χ0) is 12.7. The van der Waals surface area contributed by atoms with Crippen molar-refractivity contribution >= 4 is 38.9 Å². The van der Waals surface area contributed by atoms with Crippen LogP contribution in [0.2, 0.25) is 5.02 Å². The van der Waals surface area contributed by atoms with Gasteiger partial charge in [-0.15, -0.1) is 11.3 Å². The Hall–Kier alpha value is -0.550. The van der Waals surface area contributed by atoms with Gasteiger partial charge in [-0.2, -0.15) is 0 Å². The maximum Gasteiger partial charge on any atom is 0.127 e. The molecule has 3 rings (SSSR count). The Bertz CT molecular complexity index is 599. The molecule has 1 unspecified atom stereocenters. The Labute approximate surface area is 123 Å². The summed E-state index contributed by atoms with van der Waals surface area (Å²) in [6.45, 7) is 0.709. The summed E-state index contributed by atoms with van der Waals surface area (Å²) in [4.78, 5) is 1.09. The number of fused-ring (bicyclic) bond motifs is 1. The van der Waals surface area contributed by atoms with Crippen LogP contribution in [0.25, 0.3) is 0 Å². The average Bonchev–Trinajstić information content (AvgIpc) is 2.95. The zero-order valence-electron chi connectivity index (χ0n) is 9.45. The zero-order valence-corrected chi connectivity index (χ0v) is 12.6. The summed E-state index contributed by atoms with van der Waals surface area (Å²) in [7, 11) is 0. The molecule has 1 aromatic heterocycles. The molecule has 94 valence electrons. The van der Waals surface area contributed by atoms with Crippen LogP contribution >= 0.6 is 38.9 Å². The Balaban J connectivity index is 2.10. The molecule has 0 fully saturated rings. The Morgan fingerprint density at radius 3 is 3.00 bits per heavy atom. The van der Waals surface area contributed by atoms with E-state index in [0.29, 0.717) is 6.61 Å². The molecular formula is C13H11BrClNOS. The highest BCUT2D eigenvalue weighted by Gasteiger charge is 2.24. The number of rotatable bonds is 2. The normalized spacial score (nSPS) is 15.3. The summed E-state index contributed by atoms with van der Waals surface area (Å²) < 4.78 is 6.73. The second-order valence-electron chi connectivity index (χ2n) is 4.19. The molecule has 1 atom stereocenters. The topological polar surface area (TPSA) is 35.2 Å². The predicted octanol–water partition coefficient (Wildman–Crippen LogP) is 4.15. The third-order valence-corrected chi connectivity index (χ3v) is 5.21. The van der Waals surface area contributed by atoms with Crippen LogP contribution in [0.5, 0.6) is 5.75 Å². The molecule has 2 N–H and O–H groups in total. The van der Waals surface area contributed by atoms with Gasteiger partial charge in [0.2, 0.25) is 0 Å². The molecule has 2 heterocycles. The molecule has 0 saturated carbocycles. The van der Waals surface area contributed by atoms with Gasteiger partial charge < -0.3 is 10.5 Å². The van der Waals surface area contributed by atoms with Crippen LogP contribution in [0.15, 0.2) is 28.1 Å². The summed E-state index contributed by atoms with van der Waals surface area (Å²) in [6.07, 6.45) is 0.904. The second-order valence-corrected chi connectivity index (χ2v) is 6.43. The van der Waals surface area contributed by atoms with Crippen LogP contribution in [-0.4, -0.2) is 6.61 Å². The molecule has 0 bridgehead atoms. The lowest BCUT2D eigenvalue weighted by Gasteiger charge is -2.15. The van der Waals surface area contributed by atoms with Crippen molar-refractivity contribution in [3.05, 3.63) is 49.1 Å². The number of hydrogen-bond acceptors (Lipinski definition) is 3. The van der Waals surface area contributed by atoms with Crippen LogP contribution in [0, 0.1) is 0 Å². The maximum atomic E-state index is 6.35. The number of halogens is 2. The first-order valence-corrected chi connectivity index (χ1v) is 7.65. The lowest BCUT2D eigenvalue weighted by Crippen LogP contribution is -2.12. The standard InChI is InChI=1S/C13H11BrClNOS/c14-10-2-4-18-13(10)11(16)9-6-8(15)5-7-1-3-17-12(7)9/h2,4-6,11H,1,3,16H2. The van der Waals surface area contributed by atoms with E-state index < -0.39 is 0 Å². The molecule has 1 aromatic carbocycles. The van der Waals surface area contributed by atoms with Crippen molar-refractivity contribution in [2.45, 2.75) is 12.5 Å². The first-order chi connectivity index (χ1) is 8.66. The van der Waals surface area contributed by atoms with Gasteiger partial charge in [0.25, 0.3) is 0 Å². The van der Waals surface area contributed by atoms with Crippen LogP contribution in [0.3, 0.4) is 0 Å². The van der Waals surface area contributed by atoms with E-state index >= 15 is 0 Å². The monoisotopic (exact) mass is 343 g/mol. The molecule has 18 heavy (non-hydrogen) atoms. The van der Waals surface area contributed by atoms with Gasteiger partial charge in [0, 0.05) is 26.4 Å². The molecule has 0 amide bonds. The van der Waals surface area contributed by atoms with E-state index in [-0.39, 0.29) is 6.04 Å². The average molecular weight is 345 g/mol. The van der Waals surface area contributed by atoms with Crippen molar-refractivity contribution < 1.29 is 4.74 Å². The van der Waals surface area contributed by atoms with Crippen LogP contribution in [-0.2, 0) is 6.42 Å². The molecular weight excluding hydrogens is 334 g/mol. The molecule has 0 spiro atoms. The highest BCUT2D eigenvalue weighted by atomic mass is 79.9. The number of ether oxygens (including phenoxy) is 1. The van der Waals surface area contributed by atoms with Gasteiger partial charge in [-0.05, 0) is 45.1 Å². The van der Waals surface area contributed by atoms with Crippen LogP contribution in [0.1, 0.15) is 22.0 Å². The van der Waals surface area contributed by atoms with E-state index in [9.17, 15) is 0 Å². The highest BCUT2D eigenvalue weighted by Crippen LogP contribution is 2.40. The van der Waals surface area contributed by atoms with Crippen LogP contribution < -0.4 is 10.5 Å². The molecule has 1 aliphatic heterocycles. The van der Waals surface area contributed by atoms with Gasteiger partial charge in [-0.1, -0.05) is 11.6 Å². The third kappa shape index (κ3) is 2.07. The minimum absolute atomic E-state index is 0.204. The largest absolute Gasteiger partial charge is 0.493 e. The SMILES string of the molecule is NC(c1cc(Cl)cc2c1OCC2)c1sccc1Br. The minimum Gasteiger partial charge on any atom is -0.493 e. The summed E-state index contributed by atoms with van der Waals surface area (Å²) in [5, 5.41) is 2.74. The van der Waals surface area contributed by atoms with Crippen molar-refractivity contribution in [3.8, 4) is 5.75 Å². The van der Waals surface area contributed by atoms with Gasteiger partial charge in [-0.25, -0.2) is 0 Å². The van der Waals surface area contributed by atoms with Crippen molar-refractivity contribution in [2.24, 2.45) is 5.73 Å². The molecule has 2 aromatic rings. The first-order valence-electron chi connectivity index (χ1n) is 5.60. The van der Waals surface area contributed by atoms with E-state index in [2.05, 4.69) is 15.9 Å². The van der Waals surface area contributed by atoms with E-state index in [1.165, 1.54) is 0 Å². The van der Waals surface area contributed by atoms with E-state index in [1.807, 2.05) is 23.6 Å². The molecule has 0 aliphatic carbocycles. The van der Waals surface area contributed by atoms with Crippen molar-refractivity contribution in [3.63, 3.8) is 0 Å². The second kappa shape index (κ2) is 4.85. The van der Waals surface area contributed by atoms with Gasteiger partial charge in [-0.3, -0.25) is 0 Å². The van der Waals surface area contributed by atoms with E-state index in [4.69, 9.17) is 22.1 Å². The van der Waals surface area contributed by atoms with Crippen LogP contribution in [0.4, 0.5) is 0 Å². The maximum absolute atomic E-state index is 6.35. The predicted molar refractivity (Wildman–Crippen MR) is 78.7 cm³/mol. The summed E-state index contributed by atoms with van der Waals surface area (Å²) in [5.74, 6) is 0.909. The van der Waals surface area contributed by atoms with Gasteiger partial charge in [0.15, 0.2) is 0 Å². The molecule has 0 saturated heterocycles. The summed E-state index contributed by atoms with van der Waals surface area (Å²) in [5.41, 5.74) is 8.47. The van der Waals surface area contributed by atoms with Gasteiger partial charge in [0.1, 0.15) is 5.75 Å². The lowest BCUT2D eigenvalue weighted by atomic mass is 10.0. The quantitative estimate of drug-likeness (QED) is 0.888. The summed E-state index contributed by atoms with van der Waals surface area (Å²) >= 11 is 11.3. The number of nitrogens with two attached hydrogens (primary N) is 1. The molecule has 1 aliphatic rings. The number of benzene rings is 1. The Morgan fingerprint density at radius 1 is 1.44 bits per heavy atom. The fourth-order valence-corrected chi connectivity index (χ4v) is 4.09. The van der Waals surface area contributed by atoms with Gasteiger partial charge >= 0.3 is 0 Å². The van der Waals surface area contributed by atoms with Gasteiger partial charge in [0.05, 0.1) is 12.6 Å². The third-order valence-electron chi connectivity index (χ3n) is 3.04. The Morgan fingerprint density at radius 2 is 2.28 bits per heavy atom. The molecule has 2 nitrogen and oxygen atoms in total. The Kier molecular flexibility index (Phi) is 3.36. The lowest BCUT2D eigenvalue weighted by molar-refractivity contribution is 0.352. The number of hydrogen-bond donors (Lipinski definition) is 1.